The largest absolute Gasteiger partial charge is 0.497 e. The molecule has 1 aromatic heterocycles. The number of hydrogen-bond acceptors (Lipinski definition) is 5. The van der Waals surface area contributed by atoms with Gasteiger partial charge in [0, 0.05) is 18.7 Å². The zero-order chi connectivity index (χ0) is 12.4. The van der Waals surface area contributed by atoms with Crippen LogP contribution in [0.3, 0.4) is 0 Å². The lowest BCUT2D eigenvalue weighted by Gasteiger charge is -2.09. The third-order valence-electron chi connectivity index (χ3n) is 3.14. The van der Waals surface area contributed by atoms with Gasteiger partial charge in [-0.2, -0.15) is 4.98 Å². The van der Waals surface area contributed by atoms with E-state index in [2.05, 4.69) is 15.0 Å². The van der Waals surface area contributed by atoms with Gasteiger partial charge >= 0.3 is 6.01 Å². The summed E-state index contributed by atoms with van der Waals surface area (Å²) in [4.78, 5) is 6.55. The lowest BCUT2D eigenvalue weighted by molar-refractivity contribution is 0.414. The van der Waals surface area contributed by atoms with E-state index in [1.807, 2.05) is 24.3 Å². The van der Waals surface area contributed by atoms with Crippen LogP contribution in [-0.2, 0) is 0 Å². The molecule has 2 heterocycles. The van der Waals surface area contributed by atoms with Gasteiger partial charge in [0.2, 0.25) is 5.82 Å². The minimum absolute atomic E-state index is 0.623. The highest BCUT2D eigenvalue weighted by Crippen LogP contribution is 2.24. The maximum Gasteiger partial charge on any atom is 0.324 e. The van der Waals surface area contributed by atoms with Crippen LogP contribution in [0.1, 0.15) is 12.8 Å². The van der Waals surface area contributed by atoms with Crippen molar-refractivity contribution in [3.8, 4) is 17.1 Å². The molecular formula is C13H15N3O2. The van der Waals surface area contributed by atoms with Crippen molar-refractivity contribution in [1.82, 2.24) is 10.1 Å². The standard InChI is InChI=1S/C13H15N3O2/c1-17-11-6-4-10(5-7-11)12-14-13(18-15-12)16-8-2-3-9-16/h4-7H,2-3,8-9H2,1H3. The summed E-state index contributed by atoms with van der Waals surface area (Å²) >= 11 is 0. The van der Waals surface area contributed by atoms with Gasteiger partial charge in [0.15, 0.2) is 0 Å². The summed E-state index contributed by atoms with van der Waals surface area (Å²) in [6, 6.07) is 8.26. The number of rotatable bonds is 3. The second-order valence-corrected chi connectivity index (χ2v) is 4.32. The van der Waals surface area contributed by atoms with Crippen LogP contribution in [0.25, 0.3) is 11.4 Å². The molecule has 1 aromatic carbocycles. The van der Waals surface area contributed by atoms with Crippen LogP contribution in [0.15, 0.2) is 28.8 Å². The molecular weight excluding hydrogens is 230 g/mol. The Bertz CT molecular complexity index is 515. The minimum atomic E-state index is 0.623. The average molecular weight is 245 g/mol. The van der Waals surface area contributed by atoms with Crippen LogP contribution < -0.4 is 9.64 Å². The van der Waals surface area contributed by atoms with E-state index in [0.29, 0.717) is 11.8 Å². The summed E-state index contributed by atoms with van der Waals surface area (Å²) in [7, 11) is 1.65. The first kappa shape index (κ1) is 11.1. The first-order valence-corrected chi connectivity index (χ1v) is 6.10. The fraction of sp³-hybridized carbons (Fsp3) is 0.385. The van der Waals surface area contributed by atoms with Gasteiger partial charge in [0.1, 0.15) is 5.75 Å². The smallest absolute Gasteiger partial charge is 0.324 e. The molecule has 3 rings (SSSR count). The number of anilines is 1. The van der Waals surface area contributed by atoms with Crippen LogP contribution in [-0.4, -0.2) is 30.3 Å². The highest BCUT2D eigenvalue weighted by Gasteiger charge is 2.18. The highest BCUT2D eigenvalue weighted by atomic mass is 16.5. The molecule has 0 spiro atoms. The van der Waals surface area contributed by atoms with Crippen LogP contribution in [0.5, 0.6) is 5.75 Å². The van der Waals surface area contributed by atoms with E-state index in [0.717, 1.165) is 24.4 Å². The van der Waals surface area contributed by atoms with Crippen molar-refractivity contribution >= 4 is 6.01 Å². The maximum absolute atomic E-state index is 5.29. The number of benzene rings is 1. The molecule has 0 N–H and O–H groups in total. The lowest BCUT2D eigenvalue weighted by atomic mass is 10.2. The molecule has 0 radical (unpaired) electrons. The Morgan fingerprint density at radius 3 is 2.56 bits per heavy atom. The van der Waals surface area contributed by atoms with Gasteiger partial charge in [0.25, 0.3) is 0 Å². The summed E-state index contributed by atoms with van der Waals surface area (Å²) in [5, 5.41) is 4.02. The lowest BCUT2D eigenvalue weighted by Crippen LogP contribution is -2.17. The zero-order valence-corrected chi connectivity index (χ0v) is 10.3. The quantitative estimate of drug-likeness (QED) is 0.830. The molecule has 5 nitrogen and oxygen atoms in total. The molecule has 0 unspecified atom stereocenters. The van der Waals surface area contributed by atoms with Gasteiger partial charge < -0.3 is 14.2 Å². The summed E-state index contributed by atoms with van der Waals surface area (Å²) in [5.74, 6) is 1.45. The van der Waals surface area contributed by atoms with Gasteiger partial charge in [-0.15, -0.1) is 0 Å². The van der Waals surface area contributed by atoms with E-state index >= 15 is 0 Å². The van der Waals surface area contributed by atoms with Crippen molar-refractivity contribution in [2.75, 3.05) is 25.1 Å². The molecule has 1 fully saturated rings. The summed E-state index contributed by atoms with van der Waals surface area (Å²) in [6.45, 7) is 2.01. The Hall–Kier alpha value is -2.04. The van der Waals surface area contributed by atoms with Crippen molar-refractivity contribution in [3.63, 3.8) is 0 Å². The molecule has 2 aromatic rings. The Balaban J connectivity index is 1.82. The van der Waals surface area contributed by atoms with E-state index < -0.39 is 0 Å². The van der Waals surface area contributed by atoms with E-state index in [-0.39, 0.29) is 0 Å². The molecule has 0 bridgehead atoms. The topological polar surface area (TPSA) is 51.4 Å². The monoisotopic (exact) mass is 245 g/mol. The number of hydrogen-bond donors (Lipinski definition) is 0. The fourth-order valence-electron chi connectivity index (χ4n) is 2.11. The van der Waals surface area contributed by atoms with Crippen molar-refractivity contribution in [1.29, 1.82) is 0 Å². The van der Waals surface area contributed by atoms with Crippen LogP contribution >= 0.6 is 0 Å². The molecule has 0 amide bonds. The second-order valence-electron chi connectivity index (χ2n) is 4.32. The molecule has 18 heavy (non-hydrogen) atoms. The maximum atomic E-state index is 5.29. The molecule has 94 valence electrons. The molecule has 0 saturated carbocycles. The predicted molar refractivity (Wildman–Crippen MR) is 67.7 cm³/mol. The van der Waals surface area contributed by atoms with E-state index in [9.17, 15) is 0 Å². The van der Waals surface area contributed by atoms with E-state index in [4.69, 9.17) is 9.26 Å². The summed E-state index contributed by atoms with van der Waals surface area (Å²) < 4.78 is 10.4. The van der Waals surface area contributed by atoms with Crippen LogP contribution in [0, 0.1) is 0 Å². The first-order chi connectivity index (χ1) is 8.86. The van der Waals surface area contributed by atoms with Crippen molar-refractivity contribution < 1.29 is 9.26 Å². The Kier molecular flexibility index (Phi) is 2.88. The number of aromatic nitrogens is 2. The van der Waals surface area contributed by atoms with Gasteiger partial charge in [0.05, 0.1) is 7.11 Å². The molecule has 0 aliphatic carbocycles. The van der Waals surface area contributed by atoms with Crippen LogP contribution in [0.2, 0.25) is 0 Å². The van der Waals surface area contributed by atoms with Crippen molar-refractivity contribution in [2.45, 2.75) is 12.8 Å². The minimum Gasteiger partial charge on any atom is -0.497 e. The van der Waals surface area contributed by atoms with E-state index in [1.165, 1.54) is 12.8 Å². The van der Waals surface area contributed by atoms with E-state index in [1.54, 1.807) is 7.11 Å². The second kappa shape index (κ2) is 4.68. The fourth-order valence-corrected chi connectivity index (χ4v) is 2.11. The van der Waals surface area contributed by atoms with Gasteiger partial charge in [-0.3, -0.25) is 0 Å². The third kappa shape index (κ3) is 2.03. The van der Waals surface area contributed by atoms with Gasteiger partial charge in [-0.25, -0.2) is 0 Å². The third-order valence-corrected chi connectivity index (χ3v) is 3.14. The van der Waals surface area contributed by atoms with Crippen LogP contribution in [0.4, 0.5) is 6.01 Å². The van der Waals surface area contributed by atoms with Gasteiger partial charge in [-0.05, 0) is 37.1 Å². The van der Waals surface area contributed by atoms with Crippen molar-refractivity contribution in [3.05, 3.63) is 24.3 Å². The number of ether oxygens (including phenoxy) is 1. The SMILES string of the molecule is COc1ccc(-c2noc(N3CCCC3)n2)cc1. The van der Waals surface area contributed by atoms with Gasteiger partial charge in [-0.1, -0.05) is 5.16 Å². The molecule has 1 aliphatic heterocycles. The number of nitrogens with zero attached hydrogens (tertiary/aromatic N) is 3. The predicted octanol–water partition coefficient (Wildman–Crippen LogP) is 2.35. The molecule has 1 saturated heterocycles. The Morgan fingerprint density at radius 1 is 1.17 bits per heavy atom. The summed E-state index contributed by atoms with van der Waals surface area (Å²) in [5.41, 5.74) is 0.935. The summed E-state index contributed by atoms with van der Waals surface area (Å²) in [6.07, 6.45) is 2.39. The molecule has 1 aliphatic rings. The first-order valence-electron chi connectivity index (χ1n) is 6.10. The zero-order valence-electron chi connectivity index (χ0n) is 10.3. The molecule has 5 heteroatoms. The highest BCUT2D eigenvalue weighted by molar-refractivity contribution is 5.56. The Morgan fingerprint density at radius 2 is 1.89 bits per heavy atom. The van der Waals surface area contributed by atoms with Crippen molar-refractivity contribution in [2.24, 2.45) is 0 Å². The number of methoxy groups -OCH3 is 1. The normalized spacial score (nSPS) is 15.1. The average Bonchev–Trinajstić information content (AvgIpc) is 3.09. The Labute approximate surface area is 105 Å². The molecule has 0 atom stereocenters.